The van der Waals surface area contributed by atoms with Crippen molar-refractivity contribution in [2.45, 2.75) is 47.1 Å². The fourth-order valence-electron chi connectivity index (χ4n) is 1.87. The average Bonchev–Trinajstić information content (AvgIpc) is 2.32. The molecule has 1 unspecified atom stereocenters. The van der Waals surface area contributed by atoms with Crippen LogP contribution in [-0.2, 0) is 4.79 Å². The monoisotopic (exact) mass is 301 g/mol. The van der Waals surface area contributed by atoms with E-state index in [2.05, 4.69) is 29.4 Å². The molecule has 0 saturated carbocycles. The molecule has 0 spiro atoms. The highest BCUT2D eigenvalue weighted by molar-refractivity contribution is 5.75. The molecule has 0 heterocycles. The second kappa shape index (κ2) is 8.87. The number of nitrogens with zero attached hydrogens (tertiary/aromatic N) is 1. The van der Waals surface area contributed by atoms with Gasteiger partial charge in [-0.15, -0.1) is 0 Å². The molecule has 0 aliphatic heterocycles. The van der Waals surface area contributed by atoms with Gasteiger partial charge in [-0.2, -0.15) is 0 Å². The smallest absolute Gasteiger partial charge is 0.314 e. The molecule has 124 valence electrons. The zero-order chi connectivity index (χ0) is 16.6. The molecule has 0 aromatic carbocycles. The lowest BCUT2D eigenvalue weighted by Crippen LogP contribution is -2.43. The summed E-state index contributed by atoms with van der Waals surface area (Å²) in [6.45, 7) is 11.6. The number of carbonyl (C=O) groups excluding carboxylic acids is 1. The lowest BCUT2D eigenvalue weighted by Gasteiger charge is -2.24. The Balaban J connectivity index is 4.06. The number of nitrogens with one attached hydrogen (secondary N) is 2. The number of hydrogen-bond donors (Lipinski definition) is 3. The highest BCUT2D eigenvalue weighted by Gasteiger charge is 2.24. The van der Waals surface area contributed by atoms with E-state index in [1.165, 1.54) is 0 Å². The molecule has 0 aliphatic rings. The summed E-state index contributed by atoms with van der Waals surface area (Å²) in [5.41, 5.74) is -0.0822. The van der Waals surface area contributed by atoms with Crippen molar-refractivity contribution >= 4 is 12.0 Å². The van der Waals surface area contributed by atoms with Gasteiger partial charge in [0, 0.05) is 25.7 Å². The Labute approximate surface area is 128 Å². The summed E-state index contributed by atoms with van der Waals surface area (Å²) >= 11 is 0. The number of carboxylic acids is 1. The van der Waals surface area contributed by atoms with E-state index >= 15 is 0 Å². The van der Waals surface area contributed by atoms with Crippen LogP contribution in [0.4, 0.5) is 4.79 Å². The van der Waals surface area contributed by atoms with Crippen molar-refractivity contribution in [3.05, 3.63) is 0 Å². The number of likely N-dealkylation sites (N-methyl/N-ethyl adjacent to an activating group) is 1. The van der Waals surface area contributed by atoms with Gasteiger partial charge in [-0.1, -0.05) is 20.8 Å². The SMILES string of the molecule is CC(C)N(C)CCNC(=O)NCC(CC(C)(C)C)C(=O)O. The highest BCUT2D eigenvalue weighted by Crippen LogP contribution is 2.24. The van der Waals surface area contributed by atoms with Crippen molar-refractivity contribution < 1.29 is 14.7 Å². The number of carbonyl (C=O) groups is 2. The third-order valence-corrected chi connectivity index (χ3v) is 3.35. The maximum atomic E-state index is 11.7. The van der Waals surface area contributed by atoms with Crippen LogP contribution in [0.5, 0.6) is 0 Å². The largest absolute Gasteiger partial charge is 0.481 e. The summed E-state index contributed by atoms with van der Waals surface area (Å²) in [5, 5.41) is 14.6. The second-order valence-electron chi connectivity index (χ2n) is 7.01. The van der Waals surface area contributed by atoms with Gasteiger partial charge in [-0.3, -0.25) is 4.79 Å². The third-order valence-electron chi connectivity index (χ3n) is 3.35. The van der Waals surface area contributed by atoms with Crippen LogP contribution >= 0.6 is 0 Å². The van der Waals surface area contributed by atoms with Crippen molar-refractivity contribution in [2.24, 2.45) is 11.3 Å². The molecule has 2 amide bonds. The number of amides is 2. The Bertz CT molecular complexity index is 338. The van der Waals surface area contributed by atoms with Crippen molar-refractivity contribution in [3.63, 3.8) is 0 Å². The van der Waals surface area contributed by atoms with E-state index in [1.807, 2.05) is 27.8 Å². The summed E-state index contributed by atoms with van der Waals surface area (Å²) in [6.07, 6.45) is 0.526. The van der Waals surface area contributed by atoms with Gasteiger partial charge in [-0.25, -0.2) is 4.79 Å². The average molecular weight is 301 g/mol. The molecular weight excluding hydrogens is 270 g/mol. The maximum Gasteiger partial charge on any atom is 0.314 e. The van der Waals surface area contributed by atoms with Crippen LogP contribution in [0.15, 0.2) is 0 Å². The van der Waals surface area contributed by atoms with E-state index in [-0.39, 0.29) is 18.0 Å². The highest BCUT2D eigenvalue weighted by atomic mass is 16.4. The maximum absolute atomic E-state index is 11.7. The summed E-state index contributed by atoms with van der Waals surface area (Å²) in [5.74, 6) is -1.43. The number of urea groups is 1. The fraction of sp³-hybridized carbons (Fsp3) is 0.867. The van der Waals surface area contributed by atoms with Crippen molar-refractivity contribution in [3.8, 4) is 0 Å². The summed E-state index contributed by atoms with van der Waals surface area (Å²) in [7, 11) is 1.99. The predicted octanol–water partition coefficient (Wildman–Crippen LogP) is 1.76. The van der Waals surface area contributed by atoms with E-state index in [9.17, 15) is 14.7 Å². The van der Waals surface area contributed by atoms with Gasteiger partial charge < -0.3 is 20.6 Å². The molecular formula is C15H31N3O3. The molecule has 0 bridgehead atoms. The first-order valence-electron chi connectivity index (χ1n) is 7.47. The Morgan fingerprint density at radius 1 is 1.19 bits per heavy atom. The van der Waals surface area contributed by atoms with Crippen LogP contribution in [0.1, 0.15) is 41.0 Å². The van der Waals surface area contributed by atoms with E-state index in [0.717, 1.165) is 6.54 Å². The molecule has 0 radical (unpaired) electrons. The molecule has 1 atom stereocenters. The standard InChI is InChI=1S/C15H31N3O3/c1-11(2)18(6)8-7-16-14(21)17-10-12(13(19)20)9-15(3,4)5/h11-12H,7-10H2,1-6H3,(H,19,20)(H2,16,17,21). The first-order chi connectivity index (χ1) is 9.53. The minimum atomic E-state index is -0.871. The zero-order valence-electron chi connectivity index (χ0n) is 14.2. The quantitative estimate of drug-likeness (QED) is 0.638. The molecule has 0 saturated heterocycles. The summed E-state index contributed by atoms with van der Waals surface area (Å²) < 4.78 is 0. The van der Waals surface area contributed by atoms with Gasteiger partial charge in [0.05, 0.1) is 5.92 Å². The van der Waals surface area contributed by atoms with Crippen LogP contribution in [-0.4, -0.2) is 54.7 Å². The van der Waals surface area contributed by atoms with Gasteiger partial charge in [-0.05, 0) is 32.7 Å². The zero-order valence-corrected chi connectivity index (χ0v) is 14.2. The molecule has 0 fully saturated rings. The van der Waals surface area contributed by atoms with E-state index in [1.54, 1.807) is 0 Å². The Hall–Kier alpha value is -1.30. The minimum Gasteiger partial charge on any atom is -0.481 e. The van der Waals surface area contributed by atoms with E-state index < -0.39 is 11.9 Å². The number of carboxylic acid groups (broad SMARTS) is 1. The van der Waals surface area contributed by atoms with E-state index in [0.29, 0.717) is 19.0 Å². The molecule has 0 aliphatic carbocycles. The molecule has 0 rings (SSSR count). The first-order valence-corrected chi connectivity index (χ1v) is 7.47. The summed E-state index contributed by atoms with van der Waals surface area (Å²) in [4.78, 5) is 25.0. The van der Waals surface area contributed by atoms with Gasteiger partial charge >= 0.3 is 12.0 Å². The van der Waals surface area contributed by atoms with Crippen molar-refractivity contribution in [2.75, 3.05) is 26.7 Å². The molecule has 6 nitrogen and oxygen atoms in total. The van der Waals surface area contributed by atoms with Crippen LogP contribution < -0.4 is 10.6 Å². The van der Waals surface area contributed by atoms with Gasteiger partial charge in [0.25, 0.3) is 0 Å². The van der Waals surface area contributed by atoms with Gasteiger partial charge in [0.1, 0.15) is 0 Å². The van der Waals surface area contributed by atoms with E-state index in [4.69, 9.17) is 0 Å². The van der Waals surface area contributed by atoms with Gasteiger partial charge in [0.15, 0.2) is 0 Å². The molecule has 21 heavy (non-hydrogen) atoms. The lowest BCUT2D eigenvalue weighted by molar-refractivity contribution is -0.142. The fourth-order valence-corrected chi connectivity index (χ4v) is 1.87. The first kappa shape index (κ1) is 19.7. The minimum absolute atomic E-state index is 0.0822. The third kappa shape index (κ3) is 10.1. The predicted molar refractivity (Wildman–Crippen MR) is 84.4 cm³/mol. The lowest BCUT2D eigenvalue weighted by atomic mass is 9.84. The number of hydrogen-bond acceptors (Lipinski definition) is 3. The molecule has 0 aromatic rings. The molecule has 3 N–H and O–H groups in total. The molecule has 6 heteroatoms. The van der Waals surface area contributed by atoms with Crippen LogP contribution in [0.3, 0.4) is 0 Å². The molecule has 0 aromatic heterocycles. The topological polar surface area (TPSA) is 81.7 Å². The van der Waals surface area contributed by atoms with Crippen LogP contribution in [0.2, 0.25) is 0 Å². The Morgan fingerprint density at radius 3 is 2.19 bits per heavy atom. The van der Waals surface area contributed by atoms with Gasteiger partial charge in [0.2, 0.25) is 0 Å². The summed E-state index contributed by atoms with van der Waals surface area (Å²) in [6, 6.07) is 0.116. The number of aliphatic carboxylic acids is 1. The van der Waals surface area contributed by atoms with Crippen molar-refractivity contribution in [1.82, 2.24) is 15.5 Å². The normalized spacial score (nSPS) is 13.3. The number of rotatable bonds is 8. The van der Waals surface area contributed by atoms with Crippen LogP contribution in [0.25, 0.3) is 0 Å². The van der Waals surface area contributed by atoms with Crippen molar-refractivity contribution in [1.29, 1.82) is 0 Å². The second-order valence-corrected chi connectivity index (χ2v) is 7.01. The Morgan fingerprint density at radius 2 is 1.76 bits per heavy atom. The Kier molecular flexibility index (Phi) is 8.32. The van der Waals surface area contributed by atoms with Crippen LogP contribution in [0, 0.1) is 11.3 Å².